The first kappa shape index (κ1) is 34.7. The number of unbranched alkanes of at least 4 members (excludes halogenated alkanes) is 1. The maximum Gasteiger partial charge on any atom is 0.335 e. The number of rotatable bonds is 11. The van der Waals surface area contributed by atoms with Gasteiger partial charge >= 0.3 is 5.97 Å². The summed E-state index contributed by atoms with van der Waals surface area (Å²) in [6.45, 7) is 4.86. The van der Waals surface area contributed by atoms with Gasteiger partial charge in [0.2, 0.25) is 11.8 Å². The molecule has 2 aromatic carbocycles. The summed E-state index contributed by atoms with van der Waals surface area (Å²) >= 11 is 0. The summed E-state index contributed by atoms with van der Waals surface area (Å²) in [5, 5.41) is 23.5. The zero-order chi connectivity index (χ0) is 31.3. The van der Waals surface area contributed by atoms with Crippen LogP contribution in [0.1, 0.15) is 98.2 Å². The summed E-state index contributed by atoms with van der Waals surface area (Å²) in [5.41, 5.74) is 1.70. The van der Waals surface area contributed by atoms with Gasteiger partial charge in [-0.05, 0) is 60.9 Å². The molecule has 1 saturated carbocycles. The minimum absolute atomic E-state index is 0. The number of halogens is 1. The number of carboxylic acids is 1. The van der Waals surface area contributed by atoms with Crippen LogP contribution in [0.15, 0.2) is 42.5 Å². The van der Waals surface area contributed by atoms with Crippen LogP contribution in [0.3, 0.4) is 0 Å². The van der Waals surface area contributed by atoms with E-state index in [-0.39, 0.29) is 29.8 Å². The van der Waals surface area contributed by atoms with Gasteiger partial charge in [-0.1, -0.05) is 62.9 Å². The largest absolute Gasteiger partial charge is 0.496 e. The number of piperazine rings is 1. The summed E-state index contributed by atoms with van der Waals surface area (Å²) < 4.78 is 5.43. The number of ether oxygens (including phenoxy) is 1. The highest BCUT2D eigenvalue weighted by molar-refractivity contribution is 6.00. The van der Waals surface area contributed by atoms with Crippen molar-refractivity contribution in [3.05, 3.63) is 64.7 Å². The third kappa shape index (κ3) is 7.81. The van der Waals surface area contributed by atoms with Crippen molar-refractivity contribution in [2.45, 2.75) is 101 Å². The standard InChI is InChI=1S/C35H47N3O6.ClH/c1-3-4-18-38-31(39)29(23-34(43)14-6-5-7-15-34)36-33(42)35(38)16-19-37(20-17-35)24-26-10-8-25(9-11-26)21-27-12-13-28(32(40)41)22-30(27)44-2;/h8-13,22,29,43H,3-7,14-21,23-24H2,1-2H3,(H,36,42)(H,40,41);1H/t29-;/m1./s1. The average Bonchev–Trinajstić information content (AvgIpc) is 3.02. The summed E-state index contributed by atoms with van der Waals surface area (Å²) in [6, 6.07) is 12.7. The molecule has 0 unspecified atom stereocenters. The molecule has 2 heterocycles. The molecule has 2 saturated heterocycles. The predicted octanol–water partition coefficient (Wildman–Crippen LogP) is 4.95. The van der Waals surface area contributed by atoms with E-state index in [0.717, 1.165) is 49.8 Å². The highest BCUT2D eigenvalue weighted by atomic mass is 35.5. The number of likely N-dealkylation sites (tertiary alicyclic amines) is 1. The number of carboxylic acid groups (broad SMARTS) is 1. The van der Waals surface area contributed by atoms with Crippen LogP contribution in [-0.2, 0) is 22.6 Å². The lowest BCUT2D eigenvalue weighted by Gasteiger charge is -2.52. The molecule has 1 atom stereocenters. The first-order valence-electron chi connectivity index (χ1n) is 16.2. The Kier molecular flexibility index (Phi) is 11.6. The molecule has 1 aliphatic carbocycles. The van der Waals surface area contributed by atoms with Crippen molar-refractivity contribution >= 4 is 30.2 Å². The smallest absolute Gasteiger partial charge is 0.335 e. The first-order valence-corrected chi connectivity index (χ1v) is 16.2. The van der Waals surface area contributed by atoms with E-state index >= 15 is 0 Å². The van der Waals surface area contributed by atoms with Gasteiger partial charge in [-0.3, -0.25) is 14.5 Å². The van der Waals surface area contributed by atoms with Gasteiger partial charge in [-0.25, -0.2) is 4.79 Å². The van der Waals surface area contributed by atoms with Crippen molar-refractivity contribution < 1.29 is 29.3 Å². The second kappa shape index (κ2) is 15.0. The van der Waals surface area contributed by atoms with Gasteiger partial charge in [0.25, 0.3) is 0 Å². The Hall–Kier alpha value is -3.14. The monoisotopic (exact) mass is 641 g/mol. The molecular weight excluding hydrogens is 594 g/mol. The fraction of sp³-hybridized carbons (Fsp3) is 0.571. The molecule has 2 aliphatic heterocycles. The van der Waals surface area contributed by atoms with Crippen LogP contribution in [0.4, 0.5) is 0 Å². The summed E-state index contributed by atoms with van der Waals surface area (Å²) in [4.78, 5) is 43.1. The van der Waals surface area contributed by atoms with E-state index in [1.54, 1.807) is 25.3 Å². The van der Waals surface area contributed by atoms with Gasteiger partial charge < -0.3 is 25.2 Å². The highest BCUT2D eigenvalue weighted by Crippen LogP contribution is 2.37. The molecular formula is C35H48ClN3O6. The number of nitrogens with one attached hydrogen (secondary N) is 1. The van der Waals surface area contributed by atoms with Crippen LogP contribution in [0.2, 0.25) is 0 Å². The van der Waals surface area contributed by atoms with Gasteiger partial charge in [-0.2, -0.15) is 0 Å². The summed E-state index contributed by atoms with van der Waals surface area (Å²) in [6.07, 6.45) is 8.33. The molecule has 10 heteroatoms. The molecule has 2 aromatic rings. The van der Waals surface area contributed by atoms with Crippen molar-refractivity contribution in [1.29, 1.82) is 0 Å². The third-order valence-electron chi connectivity index (χ3n) is 9.95. The quantitative estimate of drug-likeness (QED) is 0.318. The number of amides is 2. The molecule has 3 N–H and O–H groups in total. The molecule has 3 fully saturated rings. The van der Waals surface area contributed by atoms with Gasteiger partial charge in [0.1, 0.15) is 17.3 Å². The van der Waals surface area contributed by atoms with Crippen molar-refractivity contribution in [1.82, 2.24) is 15.1 Å². The second-order valence-corrected chi connectivity index (χ2v) is 13.0. The highest BCUT2D eigenvalue weighted by Gasteiger charge is 2.54. The van der Waals surface area contributed by atoms with Crippen LogP contribution in [-0.4, -0.2) is 81.7 Å². The lowest BCUT2D eigenvalue weighted by Crippen LogP contribution is -2.73. The maximum atomic E-state index is 13.8. The fourth-order valence-corrected chi connectivity index (χ4v) is 7.29. The summed E-state index contributed by atoms with van der Waals surface area (Å²) in [7, 11) is 1.55. The molecule has 1 spiro atoms. The molecule has 0 aromatic heterocycles. The van der Waals surface area contributed by atoms with E-state index in [0.29, 0.717) is 63.9 Å². The average molecular weight is 642 g/mol. The van der Waals surface area contributed by atoms with Crippen LogP contribution in [0, 0.1) is 0 Å². The van der Waals surface area contributed by atoms with Crippen LogP contribution in [0.25, 0.3) is 0 Å². The van der Waals surface area contributed by atoms with E-state index in [2.05, 4.69) is 41.4 Å². The molecule has 246 valence electrons. The number of carbonyl (C=O) groups excluding carboxylic acids is 2. The number of piperidine rings is 1. The SMILES string of the molecule is CCCCN1C(=O)[C@@H](CC2(O)CCCCC2)NC(=O)C12CCN(Cc1ccc(Cc3ccc(C(=O)O)cc3OC)cc1)CC2.Cl. The number of methoxy groups -OCH3 is 1. The van der Waals surface area contributed by atoms with Crippen LogP contribution < -0.4 is 10.1 Å². The van der Waals surface area contributed by atoms with Crippen molar-refractivity contribution in [3.8, 4) is 5.75 Å². The Bertz CT molecular complexity index is 1340. The predicted molar refractivity (Wildman–Crippen MR) is 175 cm³/mol. The Morgan fingerprint density at radius 1 is 1.00 bits per heavy atom. The molecule has 5 rings (SSSR count). The van der Waals surface area contributed by atoms with Crippen LogP contribution in [0.5, 0.6) is 5.75 Å². The molecule has 3 aliphatic rings. The topological polar surface area (TPSA) is 119 Å². The minimum Gasteiger partial charge on any atom is -0.496 e. The lowest BCUT2D eigenvalue weighted by atomic mass is 9.77. The van der Waals surface area contributed by atoms with Gasteiger partial charge in [0.05, 0.1) is 18.3 Å². The van der Waals surface area contributed by atoms with Gasteiger partial charge in [-0.15, -0.1) is 12.4 Å². The molecule has 9 nitrogen and oxygen atoms in total. The van der Waals surface area contributed by atoms with E-state index < -0.39 is 23.2 Å². The number of aromatic carboxylic acids is 1. The van der Waals surface area contributed by atoms with Gasteiger partial charge in [0, 0.05) is 39.0 Å². The second-order valence-electron chi connectivity index (χ2n) is 13.0. The number of aliphatic hydroxyl groups is 1. The lowest BCUT2D eigenvalue weighted by molar-refractivity contribution is -0.163. The number of carbonyl (C=O) groups is 3. The number of hydrogen-bond donors (Lipinski definition) is 3. The molecule has 2 amide bonds. The summed E-state index contributed by atoms with van der Waals surface area (Å²) in [5.74, 6) is -0.514. The van der Waals surface area contributed by atoms with Crippen molar-refractivity contribution in [3.63, 3.8) is 0 Å². The Balaban J connectivity index is 0.00000461. The Labute approximate surface area is 272 Å². The number of nitrogens with zero attached hydrogens (tertiary/aromatic N) is 2. The van der Waals surface area contributed by atoms with E-state index in [1.807, 2.05) is 4.90 Å². The maximum absolute atomic E-state index is 13.8. The normalized spacial score (nSPS) is 21.2. The zero-order valence-corrected chi connectivity index (χ0v) is 27.4. The minimum atomic E-state index is -0.981. The van der Waals surface area contributed by atoms with Gasteiger partial charge in [0.15, 0.2) is 0 Å². The van der Waals surface area contributed by atoms with Crippen LogP contribution >= 0.6 is 12.4 Å². The Morgan fingerprint density at radius 3 is 2.29 bits per heavy atom. The van der Waals surface area contributed by atoms with Crippen molar-refractivity contribution in [2.75, 3.05) is 26.7 Å². The fourth-order valence-electron chi connectivity index (χ4n) is 7.29. The first-order chi connectivity index (χ1) is 21.2. The third-order valence-corrected chi connectivity index (χ3v) is 9.95. The molecule has 45 heavy (non-hydrogen) atoms. The number of hydrogen-bond acceptors (Lipinski definition) is 6. The van der Waals surface area contributed by atoms with E-state index in [9.17, 15) is 24.6 Å². The van der Waals surface area contributed by atoms with E-state index in [1.165, 1.54) is 5.56 Å². The number of benzene rings is 2. The van der Waals surface area contributed by atoms with Crippen molar-refractivity contribution in [2.24, 2.45) is 0 Å². The Morgan fingerprint density at radius 2 is 1.67 bits per heavy atom. The molecule has 0 radical (unpaired) electrons. The zero-order valence-electron chi connectivity index (χ0n) is 26.6. The molecule has 0 bridgehead atoms. The van der Waals surface area contributed by atoms with E-state index in [4.69, 9.17) is 4.74 Å².